The van der Waals surface area contributed by atoms with Crippen LogP contribution in [0.5, 0.6) is 0 Å². The molecule has 0 aromatic carbocycles. The van der Waals surface area contributed by atoms with Crippen LogP contribution in [0.1, 0.15) is 39.0 Å². The highest BCUT2D eigenvalue weighted by Crippen LogP contribution is 2.44. The van der Waals surface area contributed by atoms with Crippen LogP contribution in [0.2, 0.25) is 0 Å². The van der Waals surface area contributed by atoms with Crippen molar-refractivity contribution in [3.8, 4) is 0 Å². The molecule has 1 heterocycles. The Morgan fingerprint density at radius 2 is 2.17 bits per heavy atom. The van der Waals surface area contributed by atoms with Gasteiger partial charge in [-0.1, -0.05) is 6.92 Å². The highest BCUT2D eigenvalue weighted by molar-refractivity contribution is 7.92. The summed E-state index contributed by atoms with van der Waals surface area (Å²) in [5, 5.41) is 8.39. The predicted molar refractivity (Wildman–Crippen MR) is 66.1 cm³/mol. The summed E-state index contributed by atoms with van der Waals surface area (Å²) < 4.78 is 30.1. The average Bonchev–Trinajstić information content (AvgIpc) is 2.26. The molecule has 0 aromatic rings. The molecule has 0 bridgehead atoms. The maximum Gasteiger partial charge on any atom is 0.307 e. The molecule has 2 rings (SSSR count). The van der Waals surface area contributed by atoms with Gasteiger partial charge >= 0.3 is 5.97 Å². The quantitative estimate of drug-likeness (QED) is 0.835. The van der Waals surface area contributed by atoms with Crippen molar-refractivity contribution >= 4 is 15.8 Å². The van der Waals surface area contributed by atoms with Crippen LogP contribution in [0.15, 0.2) is 0 Å². The Bertz CT molecular complexity index is 424. The molecule has 2 fully saturated rings. The minimum absolute atomic E-state index is 0.220. The van der Waals surface area contributed by atoms with Crippen LogP contribution >= 0.6 is 0 Å². The van der Waals surface area contributed by atoms with Crippen molar-refractivity contribution in [2.24, 2.45) is 5.92 Å². The summed E-state index contributed by atoms with van der Waals surface area (Å²) in [4.78, 5) is 10.8. The van der Waals surface area contributed by atoms with E-state index in [1.807, 2.05) is 0 Å². The largest absolute Gasteiger partial charge is 0.481 e. The Kier molecular flexibility index (Phi) is 3.69. The van der Waals surface area contributed by atoms with Gasteiger partial charge in [0.25, 0.3) is 0 Å². The molecule has 0 amide bonds. The second kappa shape index (κ2) is 4.81. The van der Waals surface area contributed by atoms with Crippen LogP contribution in [-0.2, 0) is 19.4 Å². The molecule has 6 heteroatoms. The molecule has 1 aliphatic heterocycles. The third kappa shape index (κ3) is 2.69. The minimum Gasteiger partial charge on any atom is -0.481 e. The summed E-state index contributed by atoms with van der Waals surface area (Å²) in [5.41, 5.74) is -0.220. The van der Waals surface area contributed by atoms with E-state index in [2.05, 4.69) is 0 Å². The Morgan fingerprint density at radius 1 is 1.50 bits per heavy atom. The molecule has 0 aromatic heterocycles. The maximum atomic E-state index is 12.2. The third-order valence-electron chi connectivity index (χ3n) is 4.12. The molecule has 0 radical (unpaired) electrons. The van der Waals surface area contributed by atoms with Crippen molar-refractivity contribution in [2.45, 2.75) is 49.9 Å². The van der Waals surface area contributed by atoms with E-state index in [-0.39, 0.29) is 11.4 Å². The van der Waals surface area contributed by atoms with E-state index in [0.717, 1.165) is 19.3 Å². The van der Waals surface area contributed by atoms with E-state index in [4.69, 9.17) is 9.84 Å². The summed E-state index contributed by atoms with van der Waals surface area (Å²) in [6.45, 7) is 1.92. The second-order valence-corrected chi connectivity index (χ2v) is 7.89. The molecule has 104 valence electrons. The van der Waals surface area contributed by atoms with Crippen LogP contribution in [-0.4, -0.2) is 42.7 Å². The molecule has 2 atom stereocenters. The number of carbonyl (C=O) groups is 1. The van der Waals surface area contributed by atoms with Gasteiger partial charge in [-0.25, -0.2) is 8.42 Å². The Morgan fingerprint density at radius 3 is 2.67 bits per heavy atom. The van der Waals surface area contributed by atoms with Crippen molar-refractivity contribution < 1.29 is 23.1 Å². The van der Waals surface area contributed by atoms with Crippen molar-refractivity contribution in [1.29, 1.82) is 0 Å². The molecule has 1 aliphatic carbocycles. The lowest BCUT2D eigenvalue weighted by Gasteiger charge is -2.47. The molecular weight excluding hydrogens is 256 g/mol. The fourth-order valence-corrected chi connectivity index (χ4v) is 4.89. The van der Waals surface area contributed by atoms with Crippen molar-refractivity contribution in [2.75, 3.05) is 12.4 Å². The fraction of sp³-hybridized carbons (Fsp3) is 0.917. The zero-order valence-electron chi connectivity index (χ0n) is 10.6. The number of hydrogen-bond donors (Lipinski definition) is 1. The van der Waals surface area contributed by atoms with Gasteiger partial charge in [0.1, 0.15) is 0 Å². The first-order valence-electron chi connectivity index (χ1n) is 6.43. The number of carboxylic acid groups (broad SMARTS) is 1. The Labute approximate surface area is 107 Å². The average molecular weight is 276 g/mol. The van der Waals surface area contributed by atoms with E-state index in [1.54, 1.807) is 0 Å². The highest BCUT2D eigenvalue weighted by Gasteiger charge is 2.46. The lowest BCUT2D eigenvalue weighted by molar-refractivity contribution is -0.140. The van der Waals surface area contributed by atoms with Crippen LogP contribution in [0.25, 0.3) is 0 Å². The maximum absolute atomic E-state index is 12.2. The molecule has 1 N–H and O–H groups in total. The third-order valence-corrected chi connectivity index (χ3v) is 6.51. The van der Waals surface area contributed by atoms with E-state index in [1.165, 1.54) is 6.92 Å². The normalized spacial score (nSPS) is 28.6. The van der Waals surface area contributed by atoms with Gasteiger partial charge in [-0.15, -0.1) is 0 Å². The van der Waals surface area contributed by atoms with Crippen molar-refractivity contribution in [3.63, 3.8) is 0 Å². The number of aliphatic carboxylic acids is 1. The summed E-state index contributed by atoms with van der Waals surface area (Å²) in [5.74, 6) is -2.15. The molecule has 2 aliphatic rings. The van der Waals surface area contributed by atoms with Gasteiger partial charge in [-0.2, -0.15) is 0 Å². The first kappa shape index (κ1) is 13.8. The molecule has 5 nitrogen and oxygen atoms in total. The molecule has 18 heavy (non-hydrogen) atoms. The summed E-state index contributed by atoms with van der Waals surface area (Å²) in [6.07, 6.45) is 4.01. The Balaban J connectivity index is 2.03. The fourth-order valence-electron chi connectivity index (χ4n) is 2.76. The zero-order chi connectivity index (χ0) is 13.4. The molecule has 1 saturated carbocycles. The second-order valence-electron chi connectivity index (χ2n) is 5.57. The lowest BCUT2D eigenvalue weighted by Crippen LogP contribution is -2.49. The number of carboxylic acids is 1. The van der Waals surface area contributed by atoms with Crippen LogP contribution in [0.3, 0.4) is 0 Å². The van der Waals surface area contributed by atoms with Crippen molar-refractivity contribution in [3.05, 3.63) is 0 Å². The Hall–Kier alpha value is -0.620. The molecule has 1 spiro atoms. The van der Waals surface area contributed by atoms with Gasteiger partial charge in [0.15, 0.2) is 9.84 Å². The summed E-state index contributed by atoms with van der Waals surface area (Å²) in [6, 6.07) is 0. The predicted octanol–water partition coefficient (Wildman–Crippen LogP) is 1.22. The first-order chi connectivity index (χ1) is 8.35. The van der Waals surface area contributed by atoms with Gasteiger partial charge < -0.3 is 9.84 Å². The molecular formula is C12H20O5S. The standard InChI is InChI=1S/C12H20O5S/c1-9(11(13)14)8-18(15,16)10-3-6-17-12(7-10)4-2-5-12/h9-10H,2-8H2,1H3,(H,13,14). The van der Waals surface area contributed by atoms with E-state index in [0.29, 0.717) is 19.4 Å². The number of sulfone groups is 1. The molecule has 1 saturated heterocycles. The van der Waals surface area contributed by atoms with Gasteiger partial charge in [-0.3, -0.25) is 4.79 Å². The van der Waals surface area contributed by atoms with Crippen LogP contribution < -0.4 is 0 Å². The van der Waals surface area contributed by atoms with E-state index < -0.39 is 27.0 Å². The van der Waals surface area contributed by atoms with Gasteiger partial charge in [0.2, 0.25) is 0 Å². The van der Waals surface area contributed by atoms with Gasteiger partial charge in [0.05, 0.1) is 22.5 Å². The van der Waals surface area contributed by atoms with Crippen LogP contribution in [0, 0.1) is 5.92 Å². The van der Waals surface area contributed by atoms with Crippen molar-refractivity contribution in [1.82, 2.24) is 0 Å². The number of hydrogen-bond acceptors (Lipinski definition) is 4. The lowest BCUT2D eigenvalue weighted by atomic mass is 9.75. The van der Waals surface area contributed by atoms with Crippen LogP contribution in [0.4, 0.5) is 0 Å². The number of rotatable bonds is 4. The van der Waals surface area contributed by atoms with Gasteiger partial charge in [0, 0.05) is 6.61 Å². The zero-order valence-corrected chi connectivity index (χ0v) is 11.4. The minimum atomic E-state index is -3.34. The highest BCUT2D eigenvalue weighted by atomic mass is 32.2. The first-order valence-corrected chi connectivity index (χ1v) is 8.15. The number of ether oxygens (including phenoxy) is 1. The summed E-state index contributed by atoms with van der Waals surface area (Å²) >= 11 is 0. The smallest absolute Gasteiger partial charge is 0.307 e. The van der Waals surface area contributed by atoms with E-state index >= 15 is 0 Å². The van der Waals surface area contributed by atoms with Gasteiger partial charge in [-0.05, 0) is 32.1 Å². The van der Waals surface area contributed by atoms with E-state index in [9.17, 15) is 13.2 Å². The topological polar surface area (TPSA) is 80.7 Å². The SMILES string of the molecule is CC(CS(=O)(=O)C1CCOC2(CCC2)C1)C(=O)O. The summed E-state index contributed by atoms with van der Waals surface area (Å²) in [7, 11) is -3.34. The monoisotopic (exact) mass is 276 g/mol. The molecule has 2 unspecified atom stereocenters.